The Morgan fingerprint density at radius 3 is 2.52 bits per heavy atom. The van der Waals surface area contributed by atoms with E-state index in [2.05, 4.69) is 12.2 Å². The minimum absolute atomic E-state index is 0.00498. The van der Waals surface area contributed by atoms with E-state index < -0.39 is 10.0 Å². The fraction of sp³-hybridized carbons (Fsp3) is 0.500. The van der Waals surface area contributed by atoms with Crippen LogP contribution in [0.15, 0.2) is 40.6 Å². The van der Waals surface area contributed by atoms with Gasteiger partial charge in [-0.05, 0) is 55.0 Å². The molecule has 0 bridgehead atoms. The summed E-state index contributed by atoms with van der Waals surface area (Å²) in [6.07, 6.45) is 3.90. The van der Waals surface area contributed by atoms with Gasteiger partial charge in [0.25, 0.3) is 10.0 Å². The zero-order valence-corrected chi connectivity index (χ0v) is 20.1. The number of sulfonamides is 1. The van der Waals surface area contributed by atoms with Crippen molar-refractivity contribution in [3.8, 4) is 5.75 Å². The number of ether oxygens (including phenoxy) is 1. The lowest BCUT2D eigenvalue weighted by atomic mass is 9.94. The molecular formula is C22H29ClN2O4S2. The van der Waals surface area contributed by atoms with Gasteiger partial charge in [-0.25, -0.2) is 8.42 Å². The van der Waals surface area contributed by atoms with Gasteiger partial charge in [-0.1, -0.05) is 37.1 Å². The SMILES string of the molecule is CCCCOc1ccc(CNC(=O)CC2CCN(S(=O)(=O)c3ccc(Cl)s3)CC2)cc1. The van der Waals surface area contributed by atoms with Crippen LogP contribution in [0, 0.1) is 5.92 Å². The number of carbonyl (C=O) groups excluding carboxylic acids is 1. The number of piperidine rings is 1. The van der Waals surface area contributed by atoms with Crippen LogP contribution in [-0.2, 0) is 21.4 Å². The maximum atomic E-state index is 12.7. The van der Waals surface area contributed by atoms with Crippen molar-refractivity contribution in [2.75, 3.05) is 19.7 Å². The van der Waals surface area contributed by atoms with Crippen molar-refractivity contribution in [3.05, 3.63) is 46.3 Å². The van der Waals surface area contributed by atoms with E-state index in [1.807, 2.05) is 24.3 Å². The van der Waals surface area contributed by atoms with Gasteiger partial charge in [-0.15, -0.1) is 11.3 Å². The Hall–Kier alpha value is -1.61. The summed E-state index contributed by atoms with van der Waals surface area (Å²) in [5.74, 6) is 1.03. The Labute approximate surface area is 193 Å². The molecule has 1 aromatic carbocycles. The second kappa shape index (κ2) is 11.3. The molecule has 0 saturated carbocycles. The standard InChI is InChI=1S/C22H29ClN2O4S2/c1-2-3-14-29-19-6-4-18(5-7-19)16-24-21(26)15-17-10-12-25(13-11-17)31(27,28)22-9-8-20(23)30-22/h4-9,17H,2-3,10-16H2,1H3,(H,24,26). The quantitative estimate of drug-likeness (QED) is 0.496. The summed E-state index contributed by atoms with van der Waals surface area (Å²) < 4.78 is 33.2. The van der Waals surface area contributed by atoms with E-state index in [1.54, 1.807) is 12.1 Å². The molecule has 9 heteroatoms. The molecule has 0 aliphatic carbocycles. The highest BCUT2D eigenvalue weighted by atomic mass is 35.5. The van der Waals surface area contributed by atoms with Crippen molar-refractivity contribution in [1.29, 1.82) is 0 Å². The number of benzene rings is 1. The van der Waals surface area contributed by atoms with Crippen LogP contribution in [-0.4, -0.2) is 38.3 Å². The topological polar surface area (TPSA) is 75.7 Å². The first-order valence-electron chi connectivity index (χ1n) is 10.6. The first-order valence-corrected chi connectivity index (χ1v) is 13.3. The van der Waals surface area contributed by atoms with Gasteiger partial charge in [0, 0.05) is 26.1 Å². The van der Waals surface area contributed by atoms with E-state index in [1.165, 1.54) is 4.31 Å². The van der Waals surface area contributed by atoms with Gasteiger partial charge in [0.05, 0.1) is 10.9 Å². The van der Waals surface area contributed by atoms with Gasteiger partial charge in [-0.3, -0.25) is 4.79 Å². The van der Waals surface area contributed by atoms with E-state index in [4.69, 9.17) is 16.3 Å². The predicted molar refractivity (Wildman–Crippen MR) is 124 cm³/mol. The van der Waals surface area contributed by atoms with Crippen LogP contribution in [0.1, 0.15) is 44.6 Å². The molecule has 2 aromatic rings. The number of nitrogens with zero attached hydrogens (tertiary/aromatic N) is 1. The lowest BCUT2D eigenvalue weighted by molar-refractivity contribution is -0.122. The third kappa shape index (κ3) is 6.94. The van der Waals surface area contributed by atoms with Crippen LogP contribution in [0.25, 0.3) is 0 Å². The van der Waals surface area contributed by atoms with Crippen molar-refractivity contribution in [3.63, 3.8) is 0 Å². The Morgan fingerprint density at radius 1 is 1.19 bits per heavy atom. The number of thiophene rings is 1. The van der Waals surface area contributed by atoms with E-state index in [0.29, 0.717) is 49.8 Å². The molecule has 1 saturated heterocycles. The van der Waals surface area contributed by atoms with Crippen molar-refractivity contribution in [2.45, 2.75) is 49.8 Å². The lowest BCUT2D eigenvalue weighted by Gasteiger charge is -2.30. The largest absolute Gasteiger partial charge is 0.494 e. The number of unbranched alkanes of at least 4 members (excludes halogenated alkanes) is 1. The minimum Gasteiger partial charge on any atom is -0.494 e. The molecule has 0 atom stereocenters. The monoisotopic (exact) mass is 484 g/mol. The number of halogens is 1. The van der Waals surface area contributed by atoms with E-state index in [0.717, 1.165) is 35.5 Å². The average Bonchev–Trinajstić information content (AvgIpc) is 3.21. The second-order valence-corrected chi connectivity index (χ2v) is 11.6. The van der Waals surface area contributed by atoms with Crippen molar-refractivity contribution in [1.82, 2.24) is 9.62 Å². The summed E-state index contributed by atoms with van der Waals surface area (Å²) >= 11 is 6.95. The molecular weight excluding hydrogens is 456 g/mol. The van der Waals surface area contributed by atoms with E-state index >= 15 is 0 Å². The maximum Gasteiger partial charge on any atom is 0.252 e. The van der Waals surface area contributed by atoms with Gasteiger partial charge in [0.2, 0.25) is 5.91 Å². The highest BCUT2D eigenvalue weighted by molar-refractivity contribution is 7.91. The zero-order valence-electron chi connectivity index (χ0n) is 17.7. The fourth-order valence-electron chi connectivity index (χ4n) is 3.49. The van der Waals surface area contributed by atoms with Gasteiger partial charge >= 0.3 is 0 Å². The van der Waals surface area contributed by atoms with Gasteiger partial charge in [0.1, 0.15) is 9.96 Å². The van der Waals surface area contributed by atoms with Crippen LogP contribution >= 0.6 is 22.9 Å². The summed E-state index contributed by atoms with van der Waals surface area (Å²) in [6.45, 7) is 4.17. The Kier molecular flexibility index (Phi) is 8.77. The van der Waals surface area contributed by atoms with Crippen LogP contribution in [0.2, 0.25) is 4.34 Å². The number of amides is 1. The third-order valence-corrected chi connectivity index (χ3v) is 8.97. The molecule has 0 unspecified atom stereocenters. The number of hydrogen-bond acceptors (Lipinski definition) is 5. The molecule has 0 radical (unpaired) electrons. The Balaban J connectivity index is 1.40. The summed E-state index contributed by atoms with van der Waals surface area (Å²) in [7, 11) is -3.49. The average molecular weight is 485 g/mol. The highest BCUT2D eigenvalue weighted by Crippen LogP contribution is 2.31. The Morgan fingerprint density at radius 2 is 1.90 bits per heavy atom. The smallest absolute Gasteiger partial charge is 0.252 e. The molecule has 170 valence electrons. The van der Waals surface area contributed by atoms with Crippen molar-refractivity contribution >= 4 is 38.9 Å². The number of rotatable bonds is 10. The third-order valence-electron chi connectivity index (χ3n) is 5.37. The van der Waals surface area contributed by atoms with E-state index in [9.17, 15) is 13.2 Å². The van der Waals surface area contributed by atoms with Gasteiger partial charge in [-0.2, -0.15) is 4.31 Å². The van der Waals surface area contributed by atoms with Gasteiger partial charge in [0.15, 0.2) is 0 Å². The van der Waals surface area contributed by atoms with Gasteiger partial charge < -0.3 is 10.1 Å². The molecule has 31 heavy (non-hydrogen) atoms. The van der Waals surface area contributed by atoms with Crippen molar-refractivity contribution < 1.29 is 17.9 Å². The summed E-state index contributed by atoms with van der Waals surface area (Å²) in [5, 5.41) is 2.96. The molecule has 3 rings (SSSR count). The molecule has 2 heterocycles. The fourth-order valence-corrected chi connectivity index (χ4v) is 6.60. The molecule has 1 aliphatic heterocycles. The molecule has 1 aromatic heterocycles. The summed E-state index contributed by atoms with van der Waals surface area (Å²) in [5.41, 5.74) is 1.02. The first-order chi connectivity index (χ1) is 14.9. The van der Waals surface area contributed by atoms with Crippen LogP contribution in [0.5, 0.6) is 5.75 Å². The summed E-state index contributed by atoms with van der Waals surface area (Å²) in [6, 6.07) is 10.9. The molecule has 1 fully saturated rings. The Bertz CT molecular complexity index is 952. The van der Waals surface area contributed by atoms with Crippen LogP contribution in [0.4, 0.5) is 0 Å². The zero-order chi connectivity index (χ0) is 22.3. The molecule has 0 spiro atoms. The first kappa shape index (κ1) is 24.0. The highest BCUT2D eigenvalue weighted by Gasteiger charge is 2.31. The van der Waals surface area contributed by atoms with Crippen LogP contribution < -0.4 is 10.1 Å². The molecule has 1 N–H and O–H groups in total. The normalized spacial score (nSPS) is 15.7. The maximum absolute atomic E-state index is 12.7. The molecule has 6 nitrogen and oxygen atoms in total. The van der Waals surface area contributed by atoms with Crippen LogP contribution in [0.3, 0.4) is 0 Å². The number of carbonyl (C=O) groups is 1. The number of nitrogens with one attached hydrogen (secondary N) is 1. The summed E-state index contributed by atoms with van der Waals surface area (Å²) in [4.78, 5) is 12.3. The molecule has 1 amide bonds. The lowest BCUT2D eigenvalue weighted by Crippen LogP contribution is -2.39. The molecule has 1 aliphatic rings. The predicted octanol–water partition coefficient (Wildman–Crippen LogP) is 4.69. The second-order valence-electron chi connectivity index (χ2n) is 7.73. The number of hydrogen-bond donors (Lipinski definition) is 1. The van der Waals surface area contributed by atoms with E-state index in [-0.39, 0.29) is 16.0 Å². The minimum atomic E-state index is -3.49. The van der Waals surface area contributed by atoms with Crippen molar-refractivity contribution in [2.24, 2.45) is 5.92 Å².